The SMILES string of the molecule is CNc1nc(-c2cccc(N(S(C)(=O)=O)S(C)(=O)=O)c2)cs1. The molecule has 0 saturated heterocycles. The van der Waals surface area contributed by atoms with E-state index in [0.717, 1.165) is 12.5 Å². The summed E-state index contributed by atoms with van der Waals surface area (Å²) in [4.78, 5) is 4.31. The maximum absolute atomic E-state index is 11.8. The highest BCUT2D eigenvalue weighted by Gasteiger charge is 2.27. The normalized spacial score (nSPS) is 12.1. The van der Waals surface area contributed by atoms with Crippen molar-refractivity contribution in [1.82, 2.24) is 4.98 Å². The van der Waals surface area contributed by atoms with E-state index in [1.165, 1.54) is 23.5 Å². The van der Waals surface area contributed by atoms with Crippen LogP contribution in [0, 0.1) is 0 Å². The standard InChI is InChI=1S/C12H15N3O4S3/c1-13-12-14-11(8-20-12)9-5-4-6-10(7-9)15(21(2,16)17)22(3,18)19/h4-8H,1-3H3,(H,13,14). The van der Waals surface area contributed by atoms with Gasteiger partial charge in [0.15, 0.2) is 5.13 Å². The van der Waals surface area contributed by atoms with E-state index < -0.39 is 20.0 Å². The maximum Gasteiger partial charge on any atom is 0.245 e. The van der Waals surface area contributed by atoms with Crippen LogP contribution in [0.25, 0.3) is 11.3 Å². The number of thiazole rings is 1. The van der Waals surface area contributed by atoms with Gasteiger partial charge in [0.25, 0.3) is 0 Å². The predicted octanol–water partition coefficient (Wildman–Crippen LogP) is 1.58. The Kier molecular flexibility index (Phi) is 4.45. The van der Waals surface area contributed by atoms with Crippen molar-refractivity contribution in [3.05, 3.63) is 29.6 Å². The smallest absolute Gasteiger partial charge is 0.245 e. The van der Waals surface area contributed by atoms with Crippen LogP contribution < -0.4 is 9.03 Å². The van der Waals surface area contributed by atoms with Gasteiger partial charge >= 0.3 is 0 Å². The summed E-state index contributed by atoms with van der Waals surface area (Å²) in [7, 11) is -6.17. The van der Waals surface area contributed by atoms with Crippen LogP contribution in [-0.2, 0) is 20.0 Å². The Morgan fingerprint density at radius 1 is 1.14 bits per heavy atom. The summed E-state index contributed by atoms with van der Waals surface area (Å²) in [5.41, 5.74) is 1.33. The number of aromatic nitrogens is 1. The van der Waals surface area contributed by atoms with Crippen LogP contribution in [0.2, 0.25) is 0 Å². The topological polar surface area (TPSA) is 96.4 Å². The molecule has 1 aromatic carbocycles. The van der Waals surface area contributed by atoms with E-state index in [9.17, 15) is 16.8 Å². The summed E-state index contributed by atoms with van der Waals surface area (Å²) in [5, 5.41) is 5.42. The number of rotatable bonds is 5. The van der Waals surface area contributed by atoms with Gasteiger partial charge in [-0.2, -0.15) is 3.71 Å². The van der Waals surface area contributed by atoms with Gasteiger partial charge in [0.05, 0.1) is 23.9 Å². The average molecular weight is 361 g/mol. The fraction of sp³-hybridized carbons (Fsp3) is 0.250. The summed E-state index contributed by atoms with van der Waals surface area (Å²) in [6, 6.07) is 6.24. The molecule has 1 heterocycles. The van der Waals surface area contributed by atoms with E-state index in [2.05, 4.69) is 10.3 Å². The first-order valence-electron chi connectivity index (χ1n) is 6.07. The molecular formula is C12H15N3O4S3. The first kappa shape index (κ1) is 16.7. The van der Waals surface area contributed by atoms with Crippen molar-refractivity contribution >= 4 is 42.2 Å². The summed E-state index contributed by atoms with van der Waals surface area (Å²) < 4.78 is 47.6. The molecule has 0 radical (unpaired) electrons. The van der Waals surface area contributed by atoms with Crippen molar-refractivity contribution in [1.29, 1.82) is 0 Å². The van der Waals surface area contributed by atoms with Gasteiger partial charge in [-0.25, -0.2) is 21.8 Å². The molecule has 0 fully saturated rings. The molecule has 0 atom stereocenters. The molecule has 10 heteroatoms. The zero-order valence-corrected chi connectivity index (χ0v) is 14.6. The molecule has 1 aromatic heterocycles. The Morgan fingerprint density at radius 2 is 1.77 bits per heavy atom. The van der Waals surface area contributed by atoms with E-state index in [-0.39, 0.29) is 5.69 Å². The lowest BCUT2D eigenvalue weighted by molar-refractivity contribution is 0.591. The van der Waals surface area contributed by atoms with Crippen molar-refractivity contribution < 1.29 is 16.8 Å². The minimum atomic E-state index is -3.96. The van der Waals surface area contributed by atoms with Crippen molar-refractivity contribution in [2.24, 2.45) is 0 Å². The van der Waals surface area contributed by atoms with Crippen LogP contribution in [-0.4, -0.2) is 41.4 Å². The second kappa shape index (κ2) is 5.86. The predicted molar refractivity (Wildman–Crippen MR) is 89.3 cm³/mol. The highest BCUT2D eigenvalue weighted by Crippen LogP contribution is 2.29. The van der Waals surface area contributed by atoms with Crippen LogP contribution in [0.3, 0.4) is 0 Å². The number of sulfonamides is 2. The molecule has 0 aliphatic rings. The Balaban J connectivity index is 2.55. The lowest BCUT2D eigenvalue weighted by Crippen LogP contribution is -2.35. The largest absolute Gasteiger partial charge is 0.365 e. The first-order chi connectivity index (χ1) is 10.1. The molecule has 0 unspecified atom stereocenters. The molecule has 0 spiro atoms. The van der Waals surface area contributed by atoms with Crippen LogP contribution in [0.4, 0.5) is 10.8 Å². The summed E-state index contributed by atoms with van der Waals surface area (Å²) in [6.45, 7) is 0. The van der Waals surface area contributed by atoms with Crippen molar-refractivity contribution in [2.45, 2.75) is 0 Å². The summed E-state index contributed by atoms with van der Waals surface area (Å²) >= 11 is 1.40. The first-order valence-corrected chi connectivity index (χ1v) is 10.6. The van der Waals surface area contributed by atoms with Crippen LogP contribution >= 0.6 is 11.3 Å². The molecule has 7 nitrogen and oxygen atoms in total. The van der Waals surface area contributed by atoms with Gasteiger partial charge in [-0.05, 0) is 12.1 Å². The zero-order valence-electron chi connectivity index (χ0n) is 12.1. The third kappa shape index (κ3) is 3.57. The van der Waals surface area contributed by atoms with Gasteiger partial charge in [0.1, 0.15) is 0 Å². The van der Waals surface area contributed by atoms with Crippen molar-refractivity contribution in [3.8, 4) is 11.3 Å². The third-order valence-electron chi connectivity index (χ3n) is 2.67. The molecule has 2 aromatic rings. The number of nitrogens with one attached hydrogen (secondary N) is 1. The highest BCUT2D eigenvalue weighted by molar-refractivity contribution is 8.09. The molecule has 0 bridgehead atoms. The van der Waals surface area contributed by atoms with E-state index in [1.807, 2.05) is 0 Å². The molecule has 1 N–H and O–H groups in total. The van der Waals surface area contributed by atoms with Gasteiger partial charge in [0.2, 0.25) is 20.0 Å². The Labute approximate surface area is 133 Å². The minimum absolute atomic E-state index is 0.0570. The lowest BCUT2D eigenvalue weighted by atomic mass is 10.1. The lowest BCUT2D eigenvalue weighted by Gasteiger charge is -2.20. The van der Waals surface area contributed by atoms with E-state index in [1.54, 1.807) is 24.6 Å². The number of hydrogen-bond donors (Lipinski definition) is 1. The highest BCUT2D eigenvalue weighted by atomic mass is 32.3. The van der Waals surface area contributed by atoms with Crippen LogP contribution in [0.15, 0.2) is 29.6 Å². The fourth-order valence-corrected chi connectivity index (χ4v) is 5.57. The van der Waals surface area contributed by atoms with Crippen LogP contribution in [0.5, 0.6) is 0 Å². The number of benzene rings is 1. The quantitative estimate of drug-likeness (QED) is 0.868. The van der Waals surface area contributed by atoms with Gasteiger partial charge < -0.3 is 5.32 Å². The Morgan fingerprint density at radius 3 is 2.27 bits per heavy atom. The summed E-state index contributed by atoms with van der Waals surface area (Å²) in [6.07, 6.45) is 1.70. The van der Waals surface area contributed by atoms with E-state index >= 15 is 0 Å². The van der Waals surface area contributed by atoms with Gasteiger partial charge in [-0.15, -0.1) is 11.3 Å². The van der Waals surface area contributed by atoms with E-state index in [4.69, 9.17) is 0 Å². The molecule has 2 rings (SSSR count). The molecule has 0 saturated carbocycles. The van der Waals surface area contributed by atoms with E-state index in [0.29, 0.717) is 20.1 Å². The monoisotopic (exact) mass is 361 g/mol. The van der Waals surface area contributed by atoms with Crippen molar-refractivity contribution in [3.63, 3.8) is 0 Å². The van der Waals surface area contributed by atoms with Gasteiger partial charge in [-0.3, -0.25) is 0 Å². The second-order valence-electron chi connectivity index (χ2n) is 4.56. The number of hydrogen-bond acceptors (Lipinski definition) is 7. The number of nitrogens with zero attached hydrogens (tertiary/aromatic N) is 2. The zero-order chi connectivity index (χ0) is 16.5. The minimum Gasteiger partial charge on any atom is -0.365 e. The molecule has 0 aliphatic carbocycles. The fourth-order valence-electron chi connectivity index (χ4n) is 1.93. The maximum atomic E-state index is 11.8. The van der Waals surface area contributed by atoms with Crippen LogP contribution in [0.1, 0.15) is 0 Å². The molecular weight excluding hydrogens is 346 g/mol. The number of anilines is 2. The van der Waals surface area contributed by atoms with Gasteiger partial charge in [-0.1, -0.05) is 12.1 Å². The Bertz CT molecular complexity index is 856. The summed E-state index contributed by atoms with van der Waals surface area (Å²) in [5.74, 6) is 0. The van der Waals surface area contributed by atoms with Gasteiger partial charge in [0, 0.05) is 18.0 Å². The molecule has 120 valence electrons. The molecule has 0 aliphatic heterocycles. The average Bonchev–Trinajstić information content (AvgIpc) is 2.84. The third-order valence-corrected chi connectivity index (χ3v) is 6.78. The van der Waals surface area contributed by atoms with Crippen molar-refractivity contribution in [2.75, 3.05) is 28.6 Å². The molecule has 22 heavy (non-hydrogen) atoms. The molecule has 0 amide bonds. The Hall–Kier alpha value is -1.65. The second-order valence-corrected chi connectivity index (χ2v) is 9.31.